The Morgan fingerprint density at radius 3 is 2.72 bits per heavy atom. The van der Waals surface area contributed by atoms with E-state index in [-0.39, 0.29) is 17.1 Å². The minimum absolute atomic E-state index is 0.0155. The summed E-state index contributed by atoms with van der Waals surface area (Å²) in [5.41, 5.74) is 0.0235. The van der Waals surface area contributed by atoms with Gasteiger partial charge in [0.25, 0.3) is 0 Å². The molecule has 6 heteroatoms. The summed E-state index contributed by atoms with van der Waals surface area (Å²) in [6.07, 6.45) is 1.27. The van der Waals surface area contributed by atoms with Gasteiger partial charge in [0, 0.05) is 0 Å². The molecule has 4 nitrogen and oxygen atoms in total. The first kappa shape index (κ1) is 12.9. The Kier molecular flexibility index (Phi) is 3.84. The molecule has 0 bridgehead atoms. The smallest absolute Gasteiger partial charge is 0.339 e. The highest BCUT2D eigenvalue weighted by Crippen LogP contribution is 2.22. The lowest BCUT2D eigenvalue weighted by molar-refractivity contribution is 0.0695. The van der Waals surface area contributed by atoms with E-state index in [9.17, 15) is 9.00 Å². The van der Waals surface area contributed by atoms with E-state index in [0.29, 0.717) is 9.92 Å². The normalized spacial score (nSPS) is 12.3. The Morgan fingerprint density at radius 2 is 2.06 bits per heavy atom. The van der Waals surface area contributed by atoms with Gasteiger partial charge in [-0.15, -0.1) is 0 Å². The number of hydrogen-bond acceptors (Lipinski definition) is 3. The molecular weight excluding hydrogens is 276 g/mol. The molecule has 0 aliphatic heterocycles. The number of hydrogen-bond donors (Lipinski definition) is 1. The van der Waals surface area contributed by atoms with E-state index in [0.717, 1.165) is 0 Å². The van der Waals surface area contributed by atoms with Crippen molar-refractivity contribution in [2.45, 2.75) is 10.6 Å². The van der Waals surface area contributed by atoms with Crippen LogP contribution in [0.25, 0.3) is 0 Å². The van der Waals surface area contributed by atoms with E-state index in [1.165, 1.54) is 12.3 Å². The predicted molar refractivity (Wildman–Crippen MR) is 67.2 cm³/mol. The summed E-state index contributed by atoms with van der Waals surface area (Å²) in [6, 6.07) is 8.07. The zero-order chi connectivity index (χ0) is 13.1. The minimum atomic E-state index is -1.44. The Hall–Kier alpha value is -1.59. The number of carbonyl (C=O) groups is 1. The molecule has 1 unspecified atom stereocenters. The van der Waals surface area contributed by atoms with Crippen molar-refractivity contribution in [1.29, 1.82) is 0 Å². The fraction of sp³-hybridized carbons (Fsp3) is 0.0833. The predicted octanol–water partition coefficient (Wildman–Crippen LogP) is 2.94. The molecule has 0 radical (unpaired) electrons. The Labute approximate surface area is 111 Å². The van der Waals surface area contributed by atoms with Crippen LogP contribution in [0.1, 0.15) is 16.1 Å². The quantitative estimate of drug-likeness (QED) is 0.937. The van der Waals surface area contributed by atoms with Gasteiger partial charge in [-0.05, 0) is 18.2 Å². The molecule has 0 amide bonds. The van der Waals surface area contributed by atoms with Gasteiger partial charge in [0.15, 0.2) is 0 Å². The molecule has 94 valence electrons. The monoisotopic (exact) mass is 284 g/mol. The van der Waals surface area contributed by atoms with Crippen molar-refractivity contribution in [2.75, 3.05) is 0 Å². The molecule has 1 heterocycles. The second kappa shape index (κ2) is 5.37. The molecule has 2 rings (SSSR count). The maximum Gasteiger partial charge on any atom is 0.339 e. The molecule has 1 aromatic carbocycles. The highest BCUT2D eigenvalue weighted by Gasteiger charge is 2.17. The third-order valence-corrected chi connectivity index (χ3v) is 4.13. The SMILES string of the molecule is O=C(O)c1ccoc1CS(=O)c1ccccc1Cl. The van der Waals surface area contributed by atoms with Gasteiger partial charge in [-0.3, -0.25) is 4.21 Å². The largest absolute Gasteiger partial charge is 0.478 e. The Bertz CT molecular complexity index is 606. The number of furan rings is 1. The number of carboxylic acids is 1. The van der Waals surface area contributed by atoms with Crippen molar-refractivity contribution in [1.82, 2.24) is 0 Å². The van der Waals surface area contributed by atoms with E-state index in [1.807, 2.05) is 0 Å². The summed E-state index contributed by atoms with van der Waals surface area (Å²) < 4.78 is 17.1. The van der Waals surface area contributed by atoms with Crippen LogP contribution in [-0.4, -0.2) is 15.3 Å². The van der Waals surface area contributed by atoms with Crippen LogP contribution in [-0.2, 0) is 16.6 Å². The van der Waals surface area contributed by atoms with E-state index >= 15 is 0 Å². The molecule has 0 spiro atoms. The van der Waals surface area contributed by atoms with Crippen LogP contribution in [0.2, 0.25) is 5.02 Å². The molecule has 0 fully saturated rings. The van der Waals surface area contributed by atoms with Crippen molar-refractivity contribution in [2.24, 2.45) is 0 Å². The van der Waals surface area contributed by atoms with E-state index in [4.69, 9.17) is 21.1 Å². The molecule has 2 aromatic rings. The van der Waals surface area contributed by atoms with Gasteiger partial charge in [0.1, 0.15) is 11.3 Å². The van der Waals surface area contributed by atoms with Gasteiger partial charge in [0.2, 0.25) is 0 Å². The van der Waals surface area contributed by atoms with E-state index in [1.54, 1.807) is 24.3 Å². The van der Waals surface area contributed by atoms with Crippen molar-refractivity contribution in [3.05, 3.63) is 52.9 Å². The standard InChI is InChI=1S/C12H9ClO4S/c13-9-3-1-2-4-11(9)18(16)7-10-8(12(14)15)5-6-17-10/h1-6H,7H2,(H,14,15). The van der Waals surface area contributed by atoms with Crippen molar-refractivity contribution < 1.29 is 18.5 Å². The molecular formula is C12H9ClO4S. The van der Waals surface area contributed by atoms with Crippen LogP contribution in [0.5, 0.6) is 0 Å². The average molecular weight is 285 g/mol. The van der Waals surface area contributed by atoms with Crippen LogP contribution in [0.15, 0.2) is 45.9 Å². The van der Waals surface area contributed by atoms with Crippen LogP contribution >= 0.6 is 11.6 Å². The van der Waals surface area contributed by atoms with Crippen LogP contribution < -0.4 is 0 Å². The van der Waals surface area contributed by atoms with Gasteiger partial charge in [-0.1, -0.05) is 23.7 Å². The topological polar surface area (TPSA) is 67.5 Å². The summed E-state index contributed by atoms with van der Waals surface area (Å²) in [7, 11) is -1.44. The fourth-order valence-corrected chi connectivity index (χ4v) is 3.00. The second-order valence-corrected chi connectivity index (χ2v) is 5.31. The van der Waals surface area contributed by atoms with Crippen molar-refractivity contribution in [3.63, 3.8) is 0 Å². The maximum atomic E-state index is 12.1. The fourth-order valence-electron chi connectivity index (χ4n) is 1.47. The lowest BCUT2D eigenvalue weighted by atomic mass is 10.3. The van der Waals surface area contributed by atoms with Gasteiger partial charge in [0.05, 0.1) is 32.7 Å². The van der Waals surface area contributed by atoms with Crippen LogP contribution in [0.4, 0.5) is 0 Å². The number of rotatable bonds is 4. The van der Waals surface area contributed by atoms with Crippen LogP contribution in [0, 0.1) is 0 Å². The van der Waals surface area contributed by atoms with E-state index in [2.05, 4.69) is 0 Å². The maximum absolute atomic E-state index is 12.1. The number of halogens is 1. The van der Waals surface area contributed by atoms with Crippen LogP contribution in [0.3, 0.4) is 0 Å². The molecule has 1 atom stereocenters. The third kappa shape index (κ3) is 2.63. The molecule has 1 aromatic heterocycles. The summed E-state index contributed by atoms with van der Waals surface area (Å²) in [5, 5.41) is 9.30. The summed E-state index contributed by atoms with van der Waals surface area (Å²) in [5.74, 6) is -0.936. The Balaban J connectivity index is 2.25. The highest BCUT2D eigenvalue weighted by atomic mass is 35.5. The van der Waals surface area contributed by atoms with Gasteiger partial charge < -0.3 is 9.52 Å². The number of benzene rings is 1. The number of carboxylic acid groups (broad SMARTS) is 1. The van der Waals surface area contributed by atoms with Crippen molar-refractivity contribution in [3.8, 4) is 0 Å². The van der Waals surface area contributed by atoms with Gasteiger partial charge in [-0.25, -0.2) is 4.79 Å². The lowest BCUT2D eigenvalue weighted by Crippen LogP contribution is -2.03. The molecule has 0 aliphatic rings. The zero-order valence-electron chi connectivity index (χ0n) is 9.13. The van der Waals surface area contributed by atoms with Gasteiger partial charge >= 0.3 is 5.97 Å². The minimum Gasteiger partial charge on any atom is -0.478 e. The zero-order valence-corrected chi connectivity index (χ0v) is 10.7. The summed E-state index contributed by atoms with van der Waals surface area (Å²) >= 11 is 5.92. The first-order chi connectivity index (χ1) is 8.59. The first-order valence-corrected chi connectivity index (χ1v) is 6.72. The highest BCUT2D eigenvalue weighted by molar-refractivity contribution is 7.84. The second-order valence-electron chi connectivity index (χ2n) is 3.48. The third-order valence-electron chi connectivity index (χ3n) is 2.32. The molecule has 0 saturated heterocycles. The van der Waals surface area contributed by atoms with Crippen molar-refractivity contribution >= 4 is 28.4 Å². The number of aromatic carboxylic acids is 1. The molecule has 18 heavy (non-hydrogen) atoms. The lowest BCUT2D eigenvalue weighted by Gasteiger charge is -2.03. The van der Waals surface area contributed by atoms with E-state index < -0.39 is 16.8 Å². The summed E-state index contributed by atoms with van der Waals surface area (Å²) in [6.45, 7) is 0. The average Bonchev–Trinajstić information content (AvgIpc) is 2.77. The van der Waals surface area contributed by atoms with Gasteiger partial charge in [-0.2, -0.15) is 0 Å². The first-order valence-electron chi connectivity index (χ1n) is 5.02. The summed E-state index contributed by atoms with van der Waals surface area (Å²) in [4.78, 5) is 11.3. The molecule has 0 saturated carbocycles. The Morgan fingerprint density at radius 1 is 1.33 bits per heavy atom. The molecule has 0 aliphatic carbocycles. The molecule has 1 N–H and O–H groups in total.